The molecule has 0 aromatic carbocycles. The molecule has 0 heterocycles. The number of rotatable bonds is 6. The van der Waals surface area contributed by atoms with Gasteiger partial charge in [0.05, 0.1) is 6.04 Å². The van der Waals surface area contributed by atoms with Crippen LogP contribution in [-0.2, 0) is 4.79 Å². The molecule has 4 heteroatoms. The standard InChI is InChI=1S/C16H31N3O/c1-18-15(16(17)20)12-19(13-8-4-2-5-9-13)14-10-6-3-7-11-14/h13-15,18H,2-12H2,1H3,(H2,17,20). The van der Waals surface area contributed by atoms with Crippen LogP contribution in [0.15, 0.2) is 0 Å². The summed E-state index contributed by atoms with van der Waals surface area (Å²) < 4.78 is 0. The molecule has 0 aromatic rings. The van der Waals surface area contributed by atoms with Crippen LogP contribution in [0.4, 0.5) is 0 Å². The summed E-state index contributed by atoms with van der Waals surface area (Å²) in [6.07, 6.45) is 13.3. The molecule has 0 radical (unpaired) electrons. The predicted octanol–water partition coefficient (Wildman–Crippen LogP) is 2.03. The number of primary amides is 1. The first-order valence-electron chi connectivity index (χ1n) is 8.44. The minimum Gasteiger partial charge on any atom is -0.368 e. The highest BCUT2D eigenvalue weighted by Crippen LogP contribution is 2.30. The van der Waals surface area contributed by atoms with Crippen LogP contribution in [0.2, 0.25) is 0 Å². The summed E-state index contributed by atoms with van der Waals surface area (Å²) in [5.41, 5.74) is 5.53. The van der Waals surface area contributed by atoms with Crippen molar-refractivity contribution >= 4 is 5.91 Å². The molecule has 20 heavy (non-hydrogen) atoms. The second-order valence-electron chi connectivity index (χ2n) is 6.52. The molecule has 0 bridgehead atoms. The molecule has 2 aliphatic rings. The Bertz CT molecular complexity index is 278. The third kappa shape index (κ3) is 4.19. The lowest BCUT2D eigenvalue weighted by molar-refractivity contribution is -0.120. The molecular formula is C16H31N3O. The highest BCUT2D eigenvalue weighted by Gasteiger charge is 2.31. The van der Waals surface area contributed by atoms with Gasteiger partial charge in [-0.2, -0.15) is 0 Å². The van der Waals surface area contributed by atoms with Crippen LogP contribution < -0.4 is 11.1 Å². The van der Waals surface area contributed by atoms with Crippen molar-refractivity contribution in [2.24, 2.45) is 5.73 Å². The maximum absolute atomic E-state index is 11.6. The van der Waals surface area contributed by atoms with E-state index in [0.717, 1.165) is 6.54 Å². The zero-order valence-electron chi connectivity index (χ0n) is 12.9. The fraction of sp³-hybridized carbons (Fsp3) is 0.938. The number of amides is 1. The molecule has 4 nitrogen and oxygen atoms in total. The Hall–Kier alpha value is -0.610. The van der Waals surface area contributed by atoms with E-state index in [9.17, 15) is 4.79 Å². The summed E-state index contributed by atoms with van der Waals surface area (Å²) in [6.45, 7) is 0.793. The Morgan fingerprint density at radius 2 is 1.50 bits per heavy atom. The summed E-state index contributed by atoms with van der Waals surface area (Å²) in [6, 6.07) is 1.13. The lowest BCUT2D eigenvalue weighted by Gasteiger charge is -2.42. The fourth-order valence-corrected chi connectivity index (χ4v) is 3.96. The summed E-state index contributed by atoms with van der Waals surface area (Å²) in [5.74, 6) is -0.218. The largest absolute Gasteiger partial charge is 0.368 e. The van der Waals surface area contributed by atoms with Crippen molar-refractivity contribution in [2.75, 3.05) is 13.6 Å². The monoisotopic (exact) mass is 281 g/mol. The number of nitrogens with two attached hydrogens (primary N) is 1. The van der Waals surface area contributed by atoms with Gasteiger partial charge in [0.25, 0.3) is 0 Å². The van der Waals surface area contributed by atoms with Crippen molar-refractivity contribution in [2.45, 2.75) is 82.3 Å². The van der Waals surface area contributed by atoms with Gasteiger partial charge in [0, 0.05) is 18.6 Å². The normalized spacial score (nSPS) is 23.9. The van der Waals surface area contributed by atoms with E-state index >= 15 is 0 Å². The van der Waals surface area contributed by atoms with Gasteiger partial charge in [-0.1, -0.05) is 38.5 Å². The molecule has 2 saturated carbocycles. The Balaban J connectivity index is 2.03. The van der Waals surface area contributed by atoms with Crippen LogP contribution >= 0.6 is 0 Å². The highest BCUT2D eigenvalue weighted by molar-refractivity contribution is 5.80. The van der Waals surface area contributed by atoms with Gasteiger partial charge in [-0.15, -0.1) is 0 Å². The lowest BCUT2D eigenvalue weighted by Crippen LogP contribution is -2.54. The highest BCUT2D eigenvalue weighted by atomic mass is 16.1. The summed E-state index contributed by atoms with van der Waals surface area (Å²) in [5, 5.41) is 3.09. The number of hydrogen-bond donors (Lipinski definition) is 2. The van der Waals surface area contributed by atoms with Crippen molar-refractivity contribution in [3.05, 3.63) is 0 Å². The molecule has 0 aromatic heterocycles. The van der Waals surface area contributed by atoms with Gasteiger partial charge in [0.15, 0.2) is 0 Å². The fourth-order valence-electron chi connectivity index (χ4n) is 3.96. The third-order valence-electron chi connectivity index (χ3n) is 5.17. The topological polar surface area (TPSA) is 58.4 Å². The van der Waals surface area contributed by atoms with E-state index in [4.69, 9.17) is 5.73 Å². The van der Waals surface area contributed by atoms with Crippen LogP contribution in [0.5, 0.6) is 0 Å². The van der Waals surface area contributed by atoms with E-state index in [0.29, 0.717) is 12.1 Å². The van der Waals surface area contributed by atoms with E-state index < -0.39 is 0 Å². The van der Waals surface area contributed by atoms with Gasteiger partial charge in [-0.3, -0.25) is 9.69 Å². The Labute approximate surface area is 123 Å². The van der Waals surface area contributed by atoms with Gasteiger partial charge < -0.3 is 11.1 Å². The number of likely N-dealkylation sites (N-methyl/N-ethyl adjacent to an activating group) is 1. The molecule has 1 atom stereocenters. The molecular weight excluding hydrogens is 250 g/mol. The van der Waals surface area contributed by atoms with Gasteiger partial charge in [-0.05, 0) is 32.7 Å². The second kappa shape index (κ2) is 7.99. The Kier molecular flexibility index (Phi) is 6.30. The molecule has 116 valence electrons. The SMILES string of the molecule is CNC(CN(C1CCCCC1)C1CCCCC1)C(N)=O. The first kappa shape index (κ1) is 15.8. The number of hydrogen-bond acceptors (Lipinski definition) is 3. The molecule has 3 N–H and O–H groups in total. The van der Waals surface area contributed by atoms with Crippen LogP contribution in [-0.4, -0.2) is 42.5 Å². The van der Waals surface area contributed by atoms with Crippen molar-refractivity contribution < 1.29 is 4.79 Å². The zero-order valence-corrected chi connectivity index (χ0v) is 12.9. The smallest absolute Gasteiger partial charge is 0.235 e. The van der Waals surface area contributed by atoms with Crippen LogP contribution in [0.3, 0.4) is 0 Å². The van der Waals surface area contributed by atoms with Gasteiger partial charge in [-0.25, -0.2) is 0 Å². The average Bonchev–Trinajstić information content (AvgIpc) is 2.50. The van der Waals surface area contributed by atoms with E-state index in [2.05, 4.69) is 10.2 Å². The first-order valence-corrected chi connectivity index (χ1v) is 8.44. The van der Waals surface area contributed by atoms with E-state index in [1.54, 1.807) is 0 Å². The van der Waals surface area contributed by atoms with Crippen molar-refractivity contribution in [3.63, 3.8) is 0 Å². The average molecular weight is 281 g/mol. The minimum absolute atomic E-state index is 0.209. The predicted molar refractivity (Wildman–Crippen MR) is 82.5 cm³/mol. The van der Waals surface area contributed by atoms with Crippen molar-refractivity contribution in [1.82, 2.24) is 10.2 Å². The van der Waals surface area contributed by atoms with Gasteiger partial charge in [0.2, 0.25) is 5.91 Å². The maximum atomic E-state index is 11.6. The van der Waals surface area contributed by atoms with Gasteiger partial charge in [0.1, 0.15) is 0 Å². The quantitative estimate of drug-likeness (QED) is 0.783. The van der Waals surface area contributed by atoms with Crippen molar-refractivity contribution in [1.29, 1.82) is 0 Å². The van der Waals surface area contributed by atoms with E-state index in [-0.39, 0.29) is 11.9 Å². The molecule has 1 unspecified atom stereocenters. The van der Waals surface area contributed by atoms with E-state index in [1.807, 2.05) is 7.05 Å². The zero-order chi connectivity index (χ0) is 14.4. The summed E-state index contributed by atoms with van der Waals surface area (Å²) in [4.78, 5) is 14.2. The molecule has 2 rings (SSSR count). The molecule has 1 amide bonds. The van der Waals surface area contributed by atoms with Crippen LogP contribution in [0, 0.1) is 0 Å². The second-order valence-corrected chi connectivity index (χ2v) is 6.52. The third-order valence-corrected chi connectivity index (χ3v) is 5.17. The van der Waals surface area contributed by atoms with Gasteiger partial charge >= 0.3 is 0 Å². The summed E-state index contributed by atoms with van der Waals surface area (Å²) in [7, 11) is 1.84. The molecule has 0 spiro atoms. The first-order chi connectivity index (χ1) is 9.72. The van der Waals surface area contributed by atoms with Crippen molar-refractivity contribution in [3.8, 4) is 0 Å². The van der Waals surface area contributed by atoms with E-state index in [1.165, 1.54) is 64.2 Å². The number of nitrogens with one attached hydrogen (secondary N) is 1. The number of carbonyl (C=O) groups excluding carboxylic acids is 1. The Morgan fingerprint density at radius 1 is 1.05 bits per heavy atom. The minimum atomic E-state index is -0.218. The van der Waals surface area contributed by atoms with Crippen LogP contribution in [0.1, 0.15) is 64.2 Å². The van der Waals surface area contributed by atoms with Crippen LogP contribution in [0.25, 0.3) is 0 Å². The number of carbonyl (C=O) groups is 1. The summed E-state index contributed by atoms with van der Waals surface area (Å²) >= 11 is 0. The number of nitrogens with zero attached hydrogens (tertiary/aromatic N) is 1. The Morgan fingerprint density at radius 3 is 1.85 bits per heavy atom. The molecule has 0 saturated heterocycles. The maximum Gasteiger partial charge on any atom is 0.235 e. The molecule has 0 aliphatic heterocycles. The molecule has 2 fully saturated rings. The lowest BCUT2D eigenvalue weighted by atomic mass is 9.88. The molecule has 2 aliphatic carbocycles.